The summed E-state index contributed by atoms with van der Waals surface area (Å²) in [6.07, 6.45) is -0.742. The van der Waals surface area contributed by atoms with Gasteiger partial charge in [-0.25, -0.2) is 14.6 Å². The van der Waals surface area contributed by atoms with Crippen molar-refractivity contribution < 1.29 is 50.9 Å². The summed E-state index contributed by atoms with van der Waals surface area (Å²) in [7, 11) is 0. The fourth-order valence-corrected chi connectivity index (χ4v) is 4.71. The number of carbonyl (C=O) groups excluding carboxylic acids is 1. The molecular weight excluding hydrogens is 558 g/mol. The van der Waals surface area contributed by atoms with E-state index in [0.29, 0.717) is 11.8 Å². The summed E-state index contributed by atoms with van der Waals surface area (Å²) in [6.45, 7) is 5.04. The van der Waals surface area contributed by atoms with Gasteiger partial charge < -0.3 is 15.1 Å². The van der Waals surface area contributed by atoms with Crippen LogP contribution in [0.3, 0.4) is 0 Å². The van der Waals surface area contributed by atoms with Gasteiger partial charge in [-0.2, -0.15) is 26.3 Å². The number of pyridine rings is 1. The Morgan fingerprint density at radius 2 is 1.51 bits per heavy atom. The zero-order chi connectivity index (χ0) is 29.3. The van der Waals surface area contributed by atoms with Crippen molar-refractivity contribution in [3.63, 3.8) is 0 Å². The number of alkyl halides is 6. The number of hydrogen-bond donors (Lipinski definition) is 2. The number of carboxylic acid groups (broad SMARTS) is 2. The van der Waals surface area contributed by atoms with Gasteiger partial charge in [0.25, 0.3) is 0 Å². The minimum absolute atomic E-state index is 0.245. The van der Waals surface area contributed by atoms with E-state index in [0.717, 1.165) is 44.7 Å². The molecule has 0 radical (unpaired) electrons. The summed E-state index contributed by atoms with van der Waals surface area (Å²) in [4.78, 5) is 43.5. The maximum absolute atomic E-state index is 12.6. The standard InChI is InChI=1S/C19H24N4OS.2C2HF3O2/c24-18(12-16-2-1-6-20-13-16)23-10-5-19(15-23)3-8-22(9-4-19)14-17-21-7-11-25-17;2*3-2(4,5)1(6)7/h1-2,6-7,11,13H,3-5,8-10,12,14-15H2;2*(H,6,7). The molecule has 2 aromatic heterocycles. The number of carbonyl (C=O) groups is 3. The second kappa shape index (κ2) is 13.7. The Balaban J connectivity index is 0.000000317. The SMILES string of the molecule is O=C(Cc1cccnc1)N1CCC2(CCN(Cc3nccs3)CC2)C1.O=C(O)C(F)(F)F.O=C(O)C(F)(F)F. The average Bonchev–Trinajstić information content (AvgIpc) is 3.51. The molecule has 2 fully saturated rings. The molecule has 9 nitrogen and oxygen atoms in total. The molecule has 4 rings (SSSR count). The molecule has 0 aromatic carbocycles. The van der Waals surface area contributed by atoms with Crippen LogP contribution in [0.15, 0.2) is 36.1 Å². The number of likely N-dealkylation sites (tertiary alicyclic amines) is 2. The average molecular weight is 585 g/mol. The van der Waals surface area contributed by atoms with Crippen molar-refractivity contribution in [2.24, 2.45) is 5.41 Å². The van der Waals surface area contributed by atoms with Gasteiger partial charge in [-0.1, -0.05) is 6.07 Å². The number of aromatic nitrogens is 2. The highest BCUT2D eigenvalue weighted by Gasteiger charge is 2.42. The van der Waals surface area contributed by atoms with E-state index in [-0.39, 0.29) is 5.91 Å². The van der Waals surface area contributed by atoms with Gasteiger partial charge in [0.1, 0.15) is 5.01 Å². The Morgan fingerprint density at radius 1 is 0.949 bits per heavy atom. The van der Waals surface area contributed by atoms with Crippen molar-refractivity contribution in [2.75, 3.05) is 26.2 Å². The van der Waals surface area contributed by atoms with E-state index in [9.17, 15) is 31.1 Å². The lowest BCUT2D eigenvalue weighted by molar-refractivity contribution is -0.193. The molecule has 0 aliphatic carbocycles. The maximum atomic E-state index is 12.6. The molecular formula is C23H26F6N4O5S. The van der Waals surface area contributed by atoms with Crippen LogP contribution in [0.5, 0.6) is 0 Å². The number of thiazole rings is 1. The topological polar surface area (TPSA) is 124 Å². The smallest absolute Gasteiger partial charge is 0.475 e. The third-order valence-corrected chi connectivity index (χ3v) is 6.88. The first-order valence-electron chi connectivity index (χ1n) is 11.5. The number of nitrogens with zero attached hydrogens (tertiary/aromatic N) is 4. The van der Waals surface area contributed by atoms with E-state index in [4.69, 9.17) is 19.8 Å². The van der Waals surface area contributed by atoms with Crippen LogP contribution in [0.2, 0.25) is 0 Å². The number of rotatable bonds is 4. The van der Waals surface area contributed by atoms with Crippen molar-refractivity contribution in [3.05, 3.63) is 46.7 Å². The lowest BCUT2D eigenvalue weighted by atomic mass is 9.78. The molecule has 2 aliphatic heterocycles. The third-order valence-electron chi connectivity index (χ3n) is 6.11. The lowest BCUT2D eigenvalue weighted by Crippen LogP contribution is -2.42. The number of hydrogen-bond acceptors (Lipinski definition) is 7. The monoisotopic (exact) mass is 584 g/mol. The molecule has 39 heavy (non-hydrogen) atoms. The van der Waals surface area contributed by atoms with Crippen LogP contribution in [0.1, 0.15) is 29.8 Å². The molecule has 1 amide bonds. The number of aliphatic carboxylic acids is 2. The van der Waals surface area contributed by atoms with Crippen LogP contribution in [-0.4, -0.2) is 86.4 Å². The minimum Gasteiger partial charge on any atom is -0.475 e. The first-order valence-corrected chi connectivity index (χ1v) is 12.4. The van der Waals surface area contributed by atoms with Crippen LogP contribution in [0.4, 0.5) is 26.3 Å². The molecule has 2 aliphatic rings. The van der Waals surface area contributed by atoms with Crippen molar-refractivity contribution >= 4 is 29.2 Å². The van der Waals surface area contributed by atoms with Crippen LogP contribution >= 0.6 is 11.3 Å². The second-order valence-corrected chi connectivity index (χ2v) is 9.89. The van der Waals surface area contributed by atoms with Crippen molar-refractivity contribution in [1.29, 1.82) is 0 Å². The van der Waals surface area contributed by atoms with E-state index in [2.05, 4.69) is 19.8 Å². The van der Waals surface area contributed by atoms with Crippen LogP contribution < -0.4 is 0 Å². The fourth-order valence-electron chi connectivity index (χ4n) is 4.05. The quantitative estimate of drug-likeness (QED) is 0.520. The Hall–Kier alpha value is -3.27. The predicted octanol–water partition coefficient (Wildman–Crippen LogP) is 3.86. The fraction of sp³-hybridized carbons (Fsp3) is 0.522. The molecule has 4 heterocycles. The van der Waals surface area contributed by atoms with Crippen molar-refractivity contribution in [2.45, 2.75) is 44.6 Å². The van der Waals surface area contributed by atoms with Gasteiger partial charge in [0, 0.05) is 37.1 Å². The van der Waals surface area contributed by atoms with Gasteiger partial charge in [0.15, 0.2) is 0 Å². The Morgan fingerprint density at radius 3 is 1.97 bits per heavy atom. The molecule has 16 heteroatoms. The lowest BCUT2D eigenvalue weighted by Gasteiger charge is -2.39. The molecule has 2 saturated heterocycles. The largest absolute Gasteiger partial charge is 0.490 e. The molecule has 216 valence electrons. The molecule has 0 bridgehead atoms. The van der Waals surface area contributed by atoms with E-state index < -0.39 is 24.3 Å². The Kier molecular flexibility index (Phi) is 11.2. The molecule has 2 N–H and O–H groups in total. The highest BCUT2D eigenvalue weighted by molar-refractivity contribution is 7.09. The number of amides is 1. The first kappa shape index (κ1) is 31.9. The molecule has 1 spiro atoms. The van der Waals surface area contributed by atoms with Crippen LogP contribution in [0.25, 0.3) is 0 Å². The highest BCUT2D eigenvalue weighted by Crippen LogP contribution is 2.40. The van der Waals surface area contributed by atoms with E-state index in [1.54, 1.807) is 23.7 Å². The zero-order valence-corrected chi connectivity index (χ0v) is 21.2. The molecule has 0 atom stereocenters. The van der Waals surface area contributed by atoms with Crippen LogP contribution in [-0.2, 0) is 27.3 Å². The van der Waals surface area contributed by atoms with E-state index in [1.807, 2.05) is 23.7 Å². The summed E-state index contributed by atoms with van der Waals surface area (Å²) >= 11 is 1.73. The number of carboxylic acids is 2. The number of halogens is 6. The summed E-state index contributed by atoms with van der Waals surface area (Å²) in [5.41, 5.74) is 1.34. The summed E-state index contributed by atoms with van der Waals surface area (Å²) in [6, 6.07) is 3.88. The van der Waals surface area contributed by atoms with Crippen LogP contribution in [0, 0.1) is 5.41 Å². The van der Waals surface area contributed by atoms with E-state index in [1.165, 1.54) is 17.8 Å². The summed E-state index contributed by atoms with van der Waals surface area (Å²) < 4.78 is 63.5. The van der Waals surface area contributed by atoms with Gasteiger partial charge in [-0.05, 0) is 49.4 Å². The van der Waals surface area contributed by atoms with Crippen molar-refractivity contribution in [1.82, 2.24) is 19.8 Å². The summed E-state index contributed by atoms with van der Waals surface area (Å²) in [5.74, 6) is -5.27. The van der Waals surface area contributed by atoms with E-state index >= 15 is 0 Å². The van der Waals surface area contributed by atoms with Gasteiger partial charge >= 0.3 is 24.3 Å². The summed E-state index contributed by atoms with van der Waals surface area (Å²) in [5, 5.41) is 17.5. The van der Waals surface area contributed by atoms with Gasteiger partial charge in [0.2, 0.25) is 5.91 Å². The predicted molar refractivity (Wildman–Crippen MR) is 126 cm³/mol. The number of piperidine rings is 1. The Labute approximate surface area is 223 Å². The second-order valence-electron chi connectivity index (χ2n) is 8.91. The molecule has 0 saturated carbocycles. The van der Waals surface area contributed by atoms with Gasteiger partial charge in [-0.15, -0.1) is 11.3 Å². The third kappa shape index (κ3) is 10.8. The zero-order valence-electron chi connectivity index (χ0n) is 20.4. The van der Waals surface area contributed by atoms with Gasteiger partial charge in [-0.3, -0.25) is 14.7 Å². The Bertz CT molecular complexity index is 1050. The maximum Gasteiger partial charge on any atom is 0.490 e. The highest BCUT2D eigenvalue weighted by atomic mass is 32.1. The normalized spacial score (nSPS) is 17.0. The molecule has 2 aromatic rings. The first-order chi connectivity index (χ1) is 18.1. The van der Waals surface area contributed by atoms with Crippen molar-refractivity contribution in [3.8, 4) is 0 Å². The molecule has 0 unspecified atom stereocenters. The minimum atomic E-state index is -5.08. The van der Waals surface area contributed by atoms with Gasteiger partial charge in [0.05, 0.1) is 13.0 Å².